The molecular formula is C32H49ClN2O2. The molecule has 0 saturated heterocycles. The van der Waals surface area contributed by atoms with Crippen LogP contribution >= 0.6 is 11.6 Å². The molecule has 0 bridgehead atoms. The Labute approximate surface area is 231 Å². The van der Waals surface area contributed by atoms with Gasteiger partial charge in [0.1, 0.15) is 5.75 Å². The van der Waals surface area contributed by atoms with E-state index < -0.39 is 0 Å². The minimum absolute atomic E-state index is 0.0727. The summed E-state index contributed by atoms with van der Waals surface area (Å²) in [6.07, 6.45) is 9.65. The molecule has 0 aromatic heterocycles. The Bertz CT molecular complexity index is 883. The molecule has 2 aromatic rings. The first kappa shape index (κ1) is 31.0. The molecule has 0 fully saturated rings. The third-order valence-corrected chi connectivity index (χ3v) is 7.20. The average molecular weight is 529 g/mol. The van der Waals surface area contributed by atoms with Crippen LogP contribution in [0.3, 0.4) is 0 Å². The van der Waals surface area contributed by atoms with Crippen LogP contribution in [-0.2, 0) is 0 Å². The van der Waals surface area contributed by atoms with Gasteiger partial charge in [-0.25, -0.2) is 0 Å². The highest BCUT2D eigenvalue weighted by Gasteiger charge is 2.16. The zero-order valence-corrected chi connectivity index (χ0v) is 24.5. The zero-order chi connectivity index (χ0) is 27.0. The van der Waals surface area contributed by atoms with Gasteiger partial charge in [-0.05, 0) is 92.5 Å². The molecule has 0 aliphatic heterocycles. The van der Waals surface area contributed by atoms with E-state index in [0.29, 0.717) is 17.1 Å². The summed E-state index contributed by atoms with van der Waals surface area (Å²) in [6, 6.07) is 15.5. The van der Waals surface area contributed by atoms with Crippen molar-refractivity contribution in [2.24, 2.45) is 11.8 Å². The lowest BCUT2D eigenvalue weighted by molar-refractivity contribution is 0.0954. The van der Waals surface area contributed by atoms with Crippen LogP contribution in [-0.4, -0.2) is 31.6 Å². The molecule has 2 aromatic carbocycles. The number of ether oxygens (including phenoxy) is 1. The van der Waals surface area contributed by atoms with Gasteiger partial charge in [0.25, 0.3) is 5.91 Å². The molecule has 1 amide bonds. The molecular weight excluding hydrogens is 480 g/mol. The number of benzene rings is 2. The average Bonchev–Trinajstić information content (AvgIpc) is 2.89. The Morgan fingerprint density at radius 1 is 0.919 bits per heavy atom. The van der Waals surface area contributed by atoms with E-state index >= 15 is 0 Å². The summed E-state index contributed by atoms with van der Waals surface area (Å²) in [5.41, 5.74) is 1.79. The number of nitrogens with zero attached hydrogens (tertiary/aromatic N) is 1. The summed E-state index contributed by atoms with van der Waals surface area (Å²) < 4.78 is 6.46. The van der Waals surface area contributed by atoms with E-state index in [-0.39, 0.29) is 12.0 Å². The third-order valence-electron chi connectivity index (χ3n) is 6.95. The van der Waals surface area contributed by atoms with Gasteiger partial charge in [0.2, 0.25) is 0 Å². The molecule has 206 valence electrons. The third kappa shape index (κ3) is 11.8. The summed E-state index contributed by atoms with van der Waals surface area (Å²) in [4.78, 5) is 14.8. The highest BCUT2D eigenvalue weighted by molar-refractivity contribution is 6.30. The zero-order valence-electron chi connectivity index (χ0n) is 23.8. The van der Waals surface area contributed by atoms with E-state index in [1.54, 1.807) is 24.3 Å². The maximum Gasteiger partial charge on any atom is 0.251 e. The molecule has 0 aliphatic rings. The lowest BCUT2D eigenvalue weighted by Gasteiger charge is -2.26. The standard InChI is InChI=1S/C32H49ClN2O2/c1-6-9-22-35(23-21-34-32(36)27-12-14-28(33)15-13-27)29-16-19-31(20-17-29)37-30(10-7-2)18-11-26(8-3)24-25(4)5/h12-17,19-20,25-26,30H,6-11,18,21-24H2,1-5H3,(H,34,36). The number of nitrogens with one attached hydrogen (secondary N) is 1. The topological polar surface area (TPSA) is 41.6 Å². The Hall–Kier alpha value is -2.20. The number of halogens is 1. The monoisotopic (exact) mass is 528 g/mol. The second-order valence-electron chi connectivity index (χ2n) is 10.6. The number of carbonyl (C=O) groups excluding carboxylic acids is 1. The maximum atomic E-state index is 12.5. The van der Waals surface area contributed by atoms with Gasteiger partial charge in [-0.1, -0.05) is 65.5 Å². The van der Waals surface area contributed by atoms with Crippen LogP contribution in [0.4, 0.5) is 5.69 Å². The smallest absolute Gasteiger partial charge is 0.251 e. The van der Waals surface area contributed by atoms with E-state index in [1.807, 2.05) is 0 Å². The van der Waals surface area contributed by atoms with Crippen molar-refractivity contribution in [1.29, 1.82) is 0 Å². The Balaban J connectivity index is 1.94. The molecule has 5 heteroatoms. The van der Waals surface area contributed by atoms with Crippen LogP contribution in [0.2, 0.25) is 5.02 Å². The first-order chi connectivity index (χ1) is 17.9. The van der Waals surface area contributed by atoms with E-state index in [0.717, 1.165) is 68.5 Å². The highest BCUT2D eigenvalue weighted by atomic mass is 35.5. The van der Waals surface area contributed by atoms with Crippen molar-refractivity contribution < 1.29 is 9.53 Å². The van der Waals surface area contributed by atoms with Crippen LogP contribution in [0.5, 0.6) is 5.75 Å². The Kier molecular flexibility index (Phi) is 14.5. The second kappa shape index (κ2) is 17.3. The lowest BCUT2D eigenvalue weighted by atomic mass is 9.89. The predicted molar refractivity (Wildman–Crippen MR) is 159 cm³/mol. The maximum absolute atomic E-state index is 12.5. The van der Waals surface area contributed by atoms with E-state index in [4.69, 9.17) is 16.3 Å². The van der Waals surface area contributed by atoms with Gasteiger partial charge >= 0.3 is 0 Å². The quantitative estimate of drug-likeness (QED) is 0.210. The summed E-state index contributed by atoms with van der Waals surface area (Å²) in [7, 11) is 0. The molecule has 0 radical (unpaired) electrons. The van der Waals surface area contributed by atoms with Crippen LogP contribution in [0.1, 0.15) is 96.3 Å². The molecule has 37 heavy (non-hydrogen) atoms. The van der Waals surface area contributed by atoms with Crippen molar-refractivity contribution in [3.63, 3.8) is 0 Å². The Morgan fingerprint density at radius 3 is 2.22 bits per heavy atom. The second-order valence-corrected chi connectivity index (χ2v) is 11.0. The fourth-order valence-electron chi connectivity index (χ4n) is 4.82. The molecule has 0 aliphatic carbocycles. The summed E-state index contributed by atoms with van der Waals surface area (Å²) in [5, 5.41) is 3.67. The predicted octanol–water partition coefficient (Wildman–Crippen LogP) is 8.78. The molecule has 0 saturated carbocycles. The van der Waals surface area contributed by atoms with Crippen molar-refractivity contribution >= 4 is 23.2 Å². The highest BCUT2D eigenvalue weighted by Crippen LogP contribution is 2.26. The SMILES string of the molecule is CCCCN(CCNC(=O)c1ccc(Cl)cc1)c1ccc(OC(CCC)CCC(CC)CC(C)C)cc1. The first-order valence-corrected chi connectivity index (χ1v) is 14.8. The van der Waals surface area contributed by atoms with Gasteiger partial charge in [0.05, 0.1) is 6.10 Å². The minimum Gasteiger partial charge on any atom is -0.490 e. The van der Waals surface area contributed by atoms with Gasteiger partial charge in [-0.2, -0.15) is 0 Å². The van der Waals surface area contributed by atoms with Crippen LogP contribution < -0.4 is 15.0 Å². The number of amides is 1. The molecule has 1 N–H and O–H groups in total. The normalized spacial score (nSPS) is 12.8. The minimum atomic E-state index is -0.0727. The van der Waals surface area contributed by atoms with Crippen molar-refractivity contribution in [3.05, 3.63) is 59.1 Å². The number of rotatable bonds is 18. The molecule has 2 unspecified atom stereocenters. The summed E-state index contributed by atoms with van der Waals surface area (Å²) in [5.74, 6) is 2.42. The molecule has 2 atom stereocenters. The van der Waals surface area contributed by atoms with Gasteiger partial charge < -0.3 is 15.0 Å². The van der Waals surface area contributed by atoms with Gasteiger partial charge in [0, 0.05) is 35.9 Å². The van der Waals surface area contributed by atoms with E-state index in [9.17, 15) is 4.79 Å². The van der Waals surface area contributed by atoms with Gasteiger partial charge in [-0.15, -0.1) is 0 Å². The molecule has 4 nitrogen and oxygen atoms in total. The molecule has 0 spiro atoms. The van der Waals surface area contributed by atoms with Crippen LogP contribution in [0, 0.1) is 11.8 Å². The first-order valence-electron chi connectivity index (χ1n) is 14.4. The van der Waals surface area contributed by atoms with Gasteiger partial charge in [0.15, 0.2) is 0 Å². The van der Waals surface area contributed by atoms with Crippen LogP contribution in [0.25, 0.3) is 0 Å². The fourth-order valence-corrected chi connectivity index (χ4v) is 4.94. The van der Waals surface area contributed by atoms with Crippen molar-refractivity contribution in [3.8, 4) is 5.75 Å². The number of carbonyl (C=O) groups is 1. The number of unbranched alkanes of at least 4 members (excludes halogenated alkanes) is 1. The molecule has 0 heterocycles. The van der Waals surface area contributed by atoms with Crippen molar-refractivity contribution in [2.75, 3.05) is 24.5 Å². The van der Waals surface area contributed by atoms with Gasteiger partial charge in [-0.3, -0.25) is 4.79 Å². The number of anilines is 1. The summed E-state index contributed by atoms with van der Waals surface area (Å²) >= 11 is 5.94. The van der Waals surface area contributed by atoms with Crippen molar-refractivity contribution in [1.82, 2.24) is 5.32 Å². The van der Waals surface area contributed by atoms with Crippen LogP contribution in [0.15, 0.2) is 48.5 Å². The van der Waals surface area contributed by atoms with E-state index in [2.05, 4.69) is 69.1 Å². The largest absolute Gasteiger partial charge is 0.490 e. The fraction of sp³-hybridized carbons (Fsp3) is 0.594. The van der Waals surface area contributed by atoms with Crippen molar-refractivity contribution in [2.45, 2.75) is 92.1 Å². The summed E-state index contributed by atoms with van der Waals surface area (Å²) in [6.45, 7) is 13.7. The van der Waals surface area contributed by atoms with E-state index in [1.165, 1.54) is 19.3 Å². The number of hydrogen-bond acceptors (Lipinski definition) is 3. The Morgan fingerprint density at radius 2 is 1.62 bits per heavy atom. The lowest BCUT2D eigenvalue weighted by Crippen LogP contribution is -2.35. The molecule has 2 rings (SSSR count). The number of hydrogen-bond donors (Lipinski definition) is 1.